The monoisotopic (exact) mass is 230 g/mol. The van der Waals surface area contributed by atoms with E-state index in [1.807, 2.05) is 0 Å². The van der Waals surface area contributed by atoms with E-state index in [1.165, 1.54) is 0 Å². The fourth-order valence-corrected chi connectivity index (χ4v) is 0.983. The molecule has 16 heavy (non-hydrogen) atoms. The maximum atomic E-state index is 11.2. The van der Waals surface area contributed by atoms with Crippen LogP contribution >= 0.6 is 0 Å². The summed E-state index contributed by atoms with van der Waals surface area (Å²) in [4.78, 5) is 32.3. The number of aliphatic carboxylic acids is 1. The molecule has 0 radical (unpaired) electrons. The highest BCUT2D eigenvalue weighted by molar-refractivity contribution is 5.85. The Morgan fingerprint density at radius 3 is 2.50 bits per heavy atom. The van der Waals surface area contributed by atoms with E-state index < -0.39 is 24.0 Å². The molecule has 0 aromatic carbocycles. The molecule has 0 amide bonds. The van der Waals surface area contributed by atoms with Crippen molar-refractivity contribution >= 4 is 17.9 Å². The molecule has 0 aromatic rings. The topological polar surface area (TPSA) is 89.9 Å². The zero-order valence-electron chi connectivity index (χ0n) is 8.97. The van der Waals surface area contributed by atoms with Gasteiger partial charge in [0.25, 0.3) is 0 Å². The van der Waals surface area contributed by atoms with E-state index in [0.29, 0.717) is 0 Å². The van der Waals surface area contributed by atoms with E-state index in [9.17, 15) is 14.4 Å². The third kappa shape index (κ3) is 5.79. The minimum Gasteiger partial charge on any atom is -0.481 e. The van der Waals surface area contributed by atoms with Gasteiger partial charge in [0.15, 0.2) is 6.10 Å². The third-order valence-corrected chi connectivity index (χ3v) is 1.75. The Bertz CT molecular complexity index is 283. The Balaban J connectivity index is 4.20. The van der Waals surface area contributed by atoms with Crippen molar-refractivity contribution in [3.8, 4) is 0 Å². The Kier molecular flexibility index (Phi) is 6.58. The zero-order valence-corrected chi connectivity index (χ0v) is 8.97. The number of carboxylic acids is 1. The molecule has 0 saturated heterocycles. The lowest BCUT2D eigenvalue weighted by Crippen LogP contribution is -2.28. The lowest BCUT2D eigenvalue weighted by atomic mass is 10.1. The van der Waals surface area contributed by atoms with Gasteiger partial charge in [-0.2, -0.15) is 0 Å². The summed E-state index contributed by atoms with van der Waals surface area (Å²) in [7, 11) is 1.16. The number of rotatable bonds is 7. The predicted octanol–water partition coefficient (Wildman–Crippen LogP) is 0.512. The van der Waals surface area contributed by atoms with E-state index in [1.54, 1.807) is 0 Å². The largest absolute Gasteiger partial charge is 0.481 e. The molecule has 0 saturated carbocycles. The first-order valence-electron chi connectivity index (χ1n) is 4.64. The van der Waals surface area contributed by atoms with Gasteiger partial charge in [0.1, 0.15) is 0 Å². The molecule has 0 aliphatic carbocycles. The van der Waals surface area contributed by atoms with Crippen molar-refractivity contribution in [2.45, 2.75) is 25.4 Å². The number of esters is 2. The molecule has 0 rings (SSSR count). The van der Waals surface area contributed by atoms with Gasteiger partial charge in [0, 0.05) is 12.5 Å². The molecule has 0 aliphatic heterocycles. The summed E-state index contributed by atoms with van der Waals surface area (Å²) >= 11 is 0. The molecule has 0 heterocycles. The van der Waals surface area contributed by atoms with E-state index >= 15 is 0 Å². The molecule has 1 unspecified atom stereocenters. The van der Waals surface area contributed by atoms with E-state index in [-0.39, 0.29) is 19.3 Å². The van der Waals surface area contributed by atoms with Gasteiger partial charge in [-0.1, -0.05) is 6.58 Å². The molecule has 90 valence electrons. The maximum absolute atomic E-state index is 11.2. The van der Waals surface area contributed by atoms with Crippen LogP contribution in [0.1, 0.15) is 19.3 Å². The van der Waals surface area contributed by atoms with Gasteiger partial charge >= 0.3 is 17.9 Å². The standard InChI is InChI=1S/C10H14O6/c1-3-9(13)16-7(10(14)15-2)5-4-6-8(11)12/h3,7H,1,4-6H2,2H3,(H,11,12). The Morgan fingerprint density at radius 2 is 2.06 bits per heavy atom. The summed E-state index contributed by atoms with van der Waals surface area (Å²) < 4.78 is 9.13. The third-order valence-electron chi connectivity index (χ3n) is 1.75. The first kappa shape index (κ1) is 14.2. The average Bonchev–Trinajstić information content (AvgIpc) is 2.25. The van der Waals surface area contributed by atoms with Crippen LogP contribution in [-0.2, 0) is 23.9 Å². The van der Waals surface area contributed by atoms with Gasteiger partial charge in [0.05, 0.1) is 7.11 Å². The van der Waals surface area contributed by atoms with Crippen LogP contribution in [0.5, 0.6) is 0 Å². The minimum atomic E-state index is -1.07. The number of methoxy groups -OCH3 is 1. The Labute approximate surface area is 92.8 Å². The number of hydrogen-bond acceptors (Lipinski definition) is 5. The first-order chi connectivity index (χ1) is 7.51. The summed E-state index contributed by atoms with van der Waals surface area (Å²) in [5.41, 5.74) is 0. The number of hydrogen-bond donors (Lipinski definition) is 1. The maximum Gasteiger partial charge on any atom is 0.347 e. The van der Waals surface area contributed by atoms with Crippen LogP contribution in [-0.4, -0.2) is 36.2 Å². The minimum absolute atomic E-state index is 0.0981. The van der Waals surface area contributed by atoms with Crippen LogP contribution in [0.15, 0.2) is 12.7 Å². The summed E-state index contributed by atoms with van der Waals surface area (Å²) in [6, 6.07) is 0. The lowest BCUT2D eigenvalue weighted by Gasteiger charge is -2.13. The molecule has 0 aromatic heterocycles. The van der Waals surface area contributed by atoms with Gasteiger partial charge in [-0.15, -0.1) is 0 Å². The number of carboxylic acid groups (broad SMARTS) is 1. The highest BCUT2D eigenvalue weighted by atomic mass is 16.6. The summed E-state index contributed by atoms with van der Waals surface area (Å²) in [6.07, 6.45) is 0.0829. The second-order valence-electron chi connectivity index (χ2n) is 2.94. The zero-order chi connectivity index (χ0) is 12.6. The molecule has 6 heteroatoms. The second kappa shape index (κ2) is 7.44. The van der Waals surface area contributed by atoms with Crippen LogP contribution in [0.3, 0.4) is 0 Å². The smallest absolute Gasteiger partial charge is 0.347 e. The fraction of sp³-hybridized carbons (Fsp3) is 0.500. The Hall–Kier alpha value is -1.85. The van der Waals surface area contributed by atoms with Gasteiger partial charge in [-0.3, -0.25) is 4.79 Å². The van der Waals surface area contributed by atoms with Crippen LogP contribution in [0.4, 0.5) is 0 Å². The second-order valence-corrected chi connectivity index (χ2v) is 2.94. The summed E-state index contributed by atoms with van der Waals surface area (Å²) in [6.45, 7) is 3.19. The van der Waals surface area contributed by atoms with Crippen molar-refractivity contribution < 1.29 is 29.0 Å². The van der Waals surface area contributed by atoms with Crippen molar-refractivity contribution in [3.05, 3.63) is 12.7 Å². The SMILES string of the molecule is C=CC(=O)OC(CCCC(=O)O)C(=O)OC. The number of carbonyl (C=O) groups is 3. The number of ether oxygens (including phenoxy) is 2. The Morgan fingerprint density at radius 1 is 1.44 bits per heavy atom. The van der Waals surface area contributed by atoms with Crippen molar-refractivity contribution in [2.24, 2.45) is 0 Å². The quantitative estimate of drug-likeness (QED) is 0.506. The van der Waals surface area contributed by atoms with Crippen LogP contribution in [0, 0.1) is 0 Å². The molecule has 0 aliphatic rings. The molecule has 0 bridgehead atoms. The molecule has 1 N–H and O–H groups in total. The van der Waals surface area contributed by atoms with Crippen molar-refractivity contribution in [1.29, 1.82) is 0 Å². The van der Waals surface area contributed by atoms with Crippen LogP contribution < -0.4 is 0 Å². The van der Waals surface area contributed by atoms with Crippen LogP contribution in [0.2, 0.25) is 0 Å². The van der Waals surface area contributed by atoms with E-state index in [4.69, 9.17) is 9.84 Å². The van der Waals surface area contributed by atoms with Gasteiger partial charge < -0.3 is 14.6 Å². The normalized spacial score (nSPS) is 11.3. The highest BCUT2D eigenvalue weighted by Gasteiger charge is 2.22. The molecule has 6 nitrogen and oxygen atoms in total. The highest BCUT2D eigenvalue weighted by Crippen LogP contribution is 2.07. The summed E-state index contributed by atoms with van der Waals surface area (Å²) in [5.74, 6) is -2.43. The molecular formula is C10H14O6. The molecule has 1 atom stereocenters. The van der Waals surface area contributed by atoms with Gasteiger partial charge in [-0.25, -0.2) is 9.59 Å². The van der Waals surface area contributed by atoms with E-state index in [0.717, 1.165) is 13.2 Å². The van der Waals surface area contributed by atoms with E-state index in [2.05, 4.69) is 11.3 Å². The van der Waals surface area contributed by atoms with Crippen LogP contribution in [0.25, 0.3) is 0 Å². The number of carbonyl (C=O) groups excluding carboxylic acids is 2. The van der Waals surface area contributed by atoms with Crippen molar-refractivity contribution in [2.75, 3.05) is 7.11 Å². The molecule has 0 fully saturated rings. The van der Waals surface area contributed by atoms with Gasteiger partial charge in [-0.05, 0) is 12.8 Å². The average molecular weight is 230 g/mol. The first-order valence-corrected chi connectivity index (χ1v) is 4.64. The van der Waals surface area contributed by atoms with Crippen molar-refractivity contribution in [1.82, 2.24) is 0 Å². The summed E-state index contributed by atoms with van der Waals surface area (Å²) in [5, 5.41) is 8.41. The fourth-order valence-electron chi connectivity index (χ4n) is 0.983. The van der Waals surface area contributed by atoms with Crippen molar-refractivity contribution in [3.63, 3.8) is 0 Å². The van der Waals surface area contributed by atoms with Gasteiger partial charge in [0.2, 0.25) is 0 Å². The molecular weight excluding hydrogens is 216 g/mol. The predicted molar refractivity (Wildman–Crippen MR) is 53.6 cm³/mol. The lowest BCUT2D eigenvalue weighted by molar-refractivity contribution is -0.163. The molecule has 0 spiro atoms.